The highest BCUT2D eigenvalue weighted by atomic mass is 16.2. The molecule has 3 aromatic carbocycles. The number of hydrogen-bond acceptors (Lipinski definition) is 2. The van der Waals surface area contributed by atoms with Gasteiger partial charge in [-0.05, 0) is 28.8 Å². The van der Waals surface area contributed by atoms with E-state index in [0.717, 1.165) is 16.7 Å². The Labute approximate surface area is 158 Å². The van der Waals surface area contributed by atoms with E-state index in [9.17, 15) is 9.59 Å². The Morgan fingerprint density at radius 2 is 1.30 bits per heavy atom. The zero-order valence-electron chi connectivity index (χ0n) is 14.8. The van der Waals surface area contributed by atoms with Crippen LogP contribution in [0, 0.1) is 0 Å². The minimum Gasteiger partial charge on any atom is -0.352 e. The number of rotatable bonds is 6. The summed E-state index contributed by atoms with van der Waals surface area (Å²) in [4.78, 5) is 23.6. The van der Waals surface area contributed by atoms with Gasteiger partial charge in [0.2, 0.25) is 0 Å². The number of carbonyl (C=O) groups is 2. The monoisotopic (exact) mass is 359 g/mol. The normalized spacial score (nSPS) is 10.4. The first-order valence-electron chi connectivity index (χ1n) is 8.66. The molecule has 0 saturated carbocycles. The molecule has 4 N–H and O–H groups in total. The van der Waals surface area contributed by atoms with Gasteiger partial charge in [-0.15, -0.1) is 0 Å². The van der Waals surface area contributed by atoms with Crippen molar-refractivity contribution in [3.8, 4) is 0 Å². The predicted octanol–water partition coefficient (Wildman–Crippen LogP) is 3.37. The third-order valence-corrected chi connectivity index (χ3v) is 4.22. The molecule has 27 heavy (non-hydrogen) atoms. The molecule has 0 aromatic heterocycles. The summed E-state index contributed by atoms with van der Waals surface area (Å²) in [6.07, 6.45) is 0. The molecule has 5 nitrogen and oxygen atoms in total. The molecule has 0 aliphatic carbocycles. The molecule has 3 rings (SSSR count). The molecule has 0 unspecified atom stereocenters. The summed E-state index contributed by atoms with van der Waals surface area (Å²) < 4.78 is 0. The first-order chi connectivity index (χ1) is 13.1. The van der Waals surface area contributed by atoms with Crippen molar-refractivity contribution in [2.24, 2.45) is 5.73 Å². The van der Waals surface area contributed by atoms with Crippen LogP contribution in [-0.2, 0) is 6.54 Å². The lowest BCUT2D eigenvalue weighted by Crippen LogP contribution is -2.29. The van der Waals surface area contributed by atoms with Crippen molar-refractivity contribution < 1.29 is 9.59 Å². The minimum atomic E-state index is -0.578. The van der Waals surface area contributed by atoms with Crippen molar-refractivity contribution >= 4 is 11.9 Å². The van der Waals surface area contributed by atoms with Crippen molar-refractivity contribution in [2.45, 2.75) is 12.6 Å². The van der Waals surface area contributed by atoms with Gasteiger partial charge in [0.25, 0.3) is 5.91 Å². The van der Waals surface area contributed by atoms with Crippen molar-refractivity contribution in [1.29, 1.82) is 0 Å². The summed E-state index contributed by atoms with van der Waals surface area (Å²) in [5.41, 5.74) is 8.52. The van der Waals surface area contributed by atoms with Crippen LogP contribution in [-0.4, -0.2) is 11.9 Å². The molecule has 5 heteroatoms. The molecule has 0 spiro atoms. The Morgan fingerprint density at radius 3 is 1.78 bits per heavy atom. The van der Waals surface area contributed by atoms with E-state index in [0.29, 0.717) is 12.1 Å². The van der Waals surface area contributed by atoms with Crippen LogP contribution in [0.15, 0.2) is 84.9 Å². The Kier molecular flexibility index (Phi) is 5.84. The SMILES string of the molecule is NC(=O)NCc1ccc(C(=O)NC(c2ccccc2)c2ccccc2)cc1. The van der Waals surface area contributed by atoms with Gasteiger partial charge in [0.15, 0.2) is 0 Å². The molecule has 0 atom stereocenters. The van der Waals surface area contributed by atoms with Gasteiger partial charge in [-0.1, -0.05) is 72.8 Å². The van der Waals surface area contributed by atoms with E-state index in [1.165, 1.54) is 0 Å². The van der Waals surface area contributed by atoms with Gasteiger partial charge in [0.1, 0.15) is 0 Å². The van der Waals surface area contributed by atoms with Crippen molar-refractivity contribution in [1.82, 2.24) is 10.6 Å². The second-order valence-corrected chi connectivity index (χ2v) is 6.14. The smallest absolute Gasteiger partial charge is 0.312 e. The van der Waals surface area contributed by atoms with E-state index in [4.69, 9.17) is 5.73 Å². The van der Waals surface area contributed by atoms with E-state index in [1.807, 2.05) is 60.7 Å². The Bertz CT molecular complexity index is 854. The highest BCUT2D eigenvalue weighted by Gasteiger charge is 2.17. The number of benzene rings is 3. The first kappa shape index (κ1) is 18.2. The van der Waals surface area contributed by atoms with Crippen LogP contribution in [0.2, 0.25) is 0 Å². The fourth-order valence-corrected chi connectivity index (χ4v) is 2.83. The lowest BCUT2D eigenvalue weighted by Gasteiger charge is -2.20. The van der Waals surface area contributed by atoms with Crippen molar-refractivity contribution in [2.75, 3.05) is 0 Å². The van der Waals surface area contributed by atoms with Gasteiger partial charge in [0, 0.05) is 12.1 Å². The van der Waals surface area contributed by atoms with Gasteiger partial charge in [-0.3, -0.25) is 4.79 Å². The molecule has 0 radical (unpaired) electrons. The maximum absolute atomic E-state index is 12.8. The first-order valence-corrected chi connectivity index (χ1v) is 8.66. The summed E-state index contributed by atoms with van der Waals surface area (Å²) in [5, 5.41) is 5.63. The second kappa shape index (κ2) is 8.67. The molecule has 0 aliphatic rings. The summed E-state index contributed by atoms with van der Waals surface area (Å²) in [5.74, 6) is -0.165. The van der Waals surface area contributed by atoms with Crippen LogP contribution in [0.5, 0.6) is 0 Å². The minimum absolute atomic E-state index is 0.165. The summed E-state index contributed by atoms with van der Waals surface area (Å²) in [7, 11) is 0. The Balaban J connectivity index is 1.77. The van der Waals surface area contributed by atoms with Crippen LogP contribution in [0.25, 0.3) is 0 Å². The number of amides is 3. The molecule has 0 saturated heterocycles. The maximum atomic E-state index is 12.8. The molecule has 0 bridgehead atoms. The number of hydrogen-bond donors (Lipinski definition) is 3. The van der Waals surface area contributed by atoms with E-state index in [-0.39, 0.29) is 11.9 Å². The average molecular weight is 359 g/mol. The third kappa shape index (κ3) is 4.95. The molecule has 3 aromatic rings. The van der Waals surface area contributed by atoms with Crippen LogP contribution in [0.4, 0.5) is 4.79 Å². The molecular formula is C22H21N3O2. The highest BCUT2D eigenvalue weighted by molar-refractivity contribution is 5.94. The molecule has 3 amide bonds. The van der Waals surface area contributed by atoms with Crippen molar-refractivity contribution in [3.63, 3.8) is 0 Å². The average Bonchev–Trinajstić information content (AvgIpc) is 2.72. The van der Waals surface area contributed by atoms with E-state index in [2.05, 4.69) is 10.6 Å². The maximum Gasteiger partial charge on any atom is 0.312 e. The second-order valence-electron chi connectivity index (χ2n) is 6.14. The van der Waals surface area contributed by atoms with Gasteiger partial charge in [-0.25, -0.2) is 4.79 Å². The summed E-state index contributed by atoms with van der Waals surface area (Å²) in [6, 6.07) is 26.0. The van der Waals surface area contributed by atoms with E-state index < -0.39 is 6.03 Å². The largest absolute Gasteiger partial charge is 0.352 e. The van der Waals surface area contributed by atoms with Crippen LogP contribution >= 0.6 is 0 Å². The zero-order valence-corrected chi connectivity index (χ0v) is 14.8. The summed E-state index contributed by atoms with van der Waals surface area (Å²) in [6.45, 7) is 0.327. The number of primary amides is 1. The van der Waals surface area contributed by atoms with Crippen LogP contribution in [0.1, 0.15) is 33.1 Å². The molecule has 0 aliphatic heterocycles. The van der Waals surface area contributed by atoms with Gasteiger partial charge < -0.3 is 16.4 Å². The predicted molar refractivity (Wildman–Crippen MR) is 105 cm³/mol. The number of nitrogens with two attached hydrogens (primary N) is 1. The quantitative estimate of drug-likeness (QED) is 0.630. The molecule has 0 heterocycles. The topological polar surface area (TPSA) is 84.2 Å². The Morgan fingerprint density at radius 1 is 0.778 bits per heavy atom. The van der Waals surface area contributed by atoms with Gasteiger partial charge >= 0.3 is 6.03 Å². The number of nitrogens with one attached hydrogen (secondary N) is 2. The summed E-state index contributed by atoms with van der Waals surface area (Å²) >= 11 is 0. The molecule has 136 valence electrons. The zero-order chi connectivity index (χ0) is 19.1. The third-order valence-electron chi connectivity index (χ3n) is 4.22. The fraction of sp³-hybridized carbons (Fsp3) is 0.0909. The van der Waals surface area contributed by atoms with E-state index >= 15 is 0 Å². The standard InChI is InChI=1S/C22H21N3O2/c23-22(27)24-15-16-11-13-19(14-12-16)21(26)25-20(17-7-3-1-4-8-17)18-9-5-2-6-10-18/h1-14,20H,15H2,(H,25,26)(H3,23,24,27). The van der Waals surface area contributed by atoms with Gasteiger partial charge in [0.05, 0.1) is 6.04 Å². The number of urea groups is 1. The lowest BCUT2D eigenvalue weighted by molar-refractivity contribution is 0.0943. The van der Waals surface area contributed by atoms with E-state index in [1.54, 1.807) is 24.3 Å². The van der Waals surface area contributed by atoms with Crippen LogP contribution in [0.3, 0.4) is 0 Å². The molecule has 0 fully saturated rings. The lowest BCUT2D eigenvalue weighted by atomic mass is 9.98. The van der Waals surface area contributed by atoms with Crippen LogP contribution < -0.4 is 16.4 Å². The highest BCUT2D eigenvalue weighted by Crippen LogP contribution is 2.22. The Hall–Kier alpha value is -3.60. The van der Waals surface area contributed by atoms with Gasteiger partial charge in [-0.2, -0.15) is 0 Å². The molecular weight excluding hydrogens is 338 g/mol. The number of carbonyl (C=O) groups excluding carboxylic acids is 2. The fourth-order valence-electron chi connectivity index (χ4n) is 2.83. The van der Waals surface area contributed by atoms with Crippen molar-refractivity contribution in [3.05, 3.63) is 107 Å².